The summed E-state index contributed by atoms with van der Waals surface area (Å²) in [6.07, 6.45) is 3.93. The molecule has 0 saturated carbocycles. The summed E-state index contributed by atoms with van der Waals surface area (Å²) in [6, 6.07) is 10.5. The summed E-state index contributed by atoms with van der Waals surface area (Å²) < 4.78 is 0. The van der Waals surface area contributed by atoms with Gasteiger partial charge in [0.1, 0.15) is 0 Å². The molecule has 1 aliphatic carbocycles. The van der Waals surface area contributed by atoms with Gasteiger partial charge in [-0.15, -0.1) is 5.56 Å². The summed E-state index contributed by atoms with van der Waals surface area (Å²) in [4.78, 5) is 2.53. The average Bonchev–Trinajstić information content (AvgIpc) is 2.61. The summed E-state index contributed by atoms with van der Waals surface area (Å²) in [7, 11) is 2.27. The molecule has 1 aromatic carbocycles. The first-order valence-electron chi connectivity index (χ1n) is 5.55. The third-order valence-electron chi connectivity index (χ3n) is 3.92. The molecular formula is C13H16LiN. The zero-order chi connectivity index (χ0) is 9.54. The largest absolute Gasteiger partial charge is 1.00 e. The van der Waals surface area contributed by atoms with E-state index in [-0.39, 0.29) is 18.9 Å². The molecule has 1 nitrogen and oxygen atoms in total. The van der Waals surface area contributed by atoms with E-state index in [0.29, 0.717) is 0 Å². The van der Waals surface area contributed by atoms with Gasteiger partial charge in [0.25, 0.3) is 0 Å². The fraction of sp³-hybridized carbons (Fsp3) is 0.538. The molecule has 15 heavy (non-hydrogen) atoms. The maximum Gasteiger partial charge on any atom is 1.00 e. The predicted molar refractivity (Wildman–Crippen MR) is 57.4 cm³/mol. The molecule has 1 aromatic rings. The fourth-order valence-electron chi connectivity index (χ4n) is 3.15. The van der Waals surface area contributed by atoms with Crippen LogP contribution in [-0.4, -0.2) is 24.5 Å². The van der Waals surface area contributed by atoms with Gasteiger partial charge in [-0.2, -0.15) is 29.8 Å². The first-order valence-corrected chi connectivity index (χ1v) is 5.55. The molecule has 1 aliphatic heterocycles. The van der Waals surface area contributed by atoms with E-state index in [1.807, 2.05) is 0 Å². The van der Waals surface area contributed by atoms with E-state index < -0.39 is 0 Å². The Hall–Kier alpha value is -0.223. The summed E-state index contributed by atoms with van der Waals surface area (Å²) in [5.74, 6) is 0.804. The van der Waals surface area contributed by atoms with Crippen LogP contribution in [0.1, 0.15) is 29.9 Å². The van der Waals surface area contributed by atoms with Crippen LogP contribution in [0.2, 0.25) is 0 Å². The molecule has 0 spiro atoms. The van der Waals surface area contributed by atoms with E-state index in [9.17, 15) is 0 Å². The van der Waals surface area contributed by atoms with Gasteiger partial charge < -0.3 is 4.90 Å². The van der Waals surface area contributed by atoms with Crippen LogP contribution in [0.4, 0.5) is 0 Å². The zero-order valence-corrected chi connectivity index (χ0v) is 9.66. The molecule has 0 aromatic heterocycles. The number of benzene rings is 1. The molecule has 0 radical (unpaired) electrons. The topological polar surface area (TPSA) is 3.24 Å². The summed E-state index contributed by atoms with van der Waals surface area (Å²) in [6.45, 7) is 1.27. The third kappa shape index (κ3) is 1.78. The number of hydrogen-bond acceptors (Lipinski definition) is 1. The van der Waals surface area contributed by atoms with Crippen molar-refractivity contribution in [3.63, 3.8) is 0 Å². The van der Waals surface area contributed by atoms with Gasteiger partial charge in [0.15, 0.2) is 0 Å². The number of likely N-dealkylation sites (tertiary alicyclic amines) is 1. The van der Waals surface area contributed by atoms with Crippen molar-refractivity contribution in [2.45, 2.75) is 31.2 Å². The van der Waals surface area contributed by atoms with E-state index in [2.05, 4.69) is 36.2 Å². The number of likely N-dealkylation sites (N-methyl/N-ethyl adjacent to an activating group) is 1. The second-order valence-corrected chi connectivity index (χ2v) is 4.61. The van der Waals surface area contributed by atoms with Crippen LogP contribution in [0.3, 0.4) is 0 Å². The van der Waals surface area contributed by atoms with E-state index in [0.717, 1.165) is 12.0 Å². The number of rotatable bonds is 0. The number of fused-ring (bicyclic) bond motifs is 3. The summed E-state index contributed by atoms with van der Waals surface area (Å²) in [5.41, 5.74) is 3.15. The van der Waals surface area contributed by atoms with E-state index in [1.165, 1.54) is 25.8 Å². The van der Waals surface area contributed by atoms with Crippen molar-refractivity contribution in [1.82, 2.24) is 4.90 Å². The molecule has 1 saturated heterocycles. The first-order chi connectivity index (χ1) is 6.86. The van der Waals surface area contributed by atoms with Gasteiger partial charge in [-0.05, 0) is 32.4 Å². The molecule has 2 heteroatoms. The third-order valence-corrected chi connectivity index (χ3v) is 3.92. The van der Waals surface area contributed by atoms with Crippen LogP contribution < -0.4 is 18.9 Å². The first kappa shape index (κ1) is 11.3. The maximum absolute atomic E-state index is 3.20. The smallest absolute Gasteiger partial charge is 0.303 e. The molecule has 2 atom stereocenters. The minimum absolute atomic E-state index is 0. The van der Waals surface area contributed by atoms with Gasteiger partial charge in [0, 0.05) is 6.04 Å². The van der Waals surface area contributed by atoms with Crippen molar-refractivity contribution in [2.75, 3.05) is 13.6 Å². The Bertz CT molecular complexity index is 350. The van der Waals surface area contributed by atoms with Gasteiger partial charge in [0.05, 0.1) is 0 Å². The van der Waals surface area contributed by atoms with Crippen molar-refractivity contribution in [2.24, 2.45) is 0 Å². The maximum atomic E-state index is 3.20. The predicted octanol–water partition coefficient (Wildman–Crippen LogP) is -0.775. The quantitative estimate of drug-likeness (QED) is 0.386. The van der Waals surface area contributed by atoms with Crippen LogP contribution in [0.5, 0.6) is 0 Å². The normalized spacial score (nSPS) is 29.1. The van der Waals surface area contributed by atoms with Crippen LogP contribution in [0.15, 0.2) is 18.2 Å². The van der Waals surface area contributed by atoms with Crippen LogP contribution in [-0.2, 0) is 6.42 Å². The standard InChI is InChI=1S/C13H16N.Li/c1-14-9-8-12-11-5-3-2-4-10(11)6-7-13(12)14;/h3-5,12-13H,6-9H2,1H3;/q-1;+1/t12-,13+;/m0./s1. The molecule has 0 amide bonds. The van der Waals surface area contributed by atoms with Crippen LogP contribution in [0.25, 0.3) is 0 Å². The average molecular weight is 193 g/mol. The van der Waals surface area contributed by atoms with E-state index in [1.54, 1.807) is 11.1 Å². The Morgan fingerprint density at radius 1 is 1.40 bits per heavy atom. The van der Waals surface area contributed by atoms with Crippen molar-refractivity contribution in [3.8, 4) is 0 Å². The SMILES string of the molecule is CN1CC[C@H]2c3cc[c-]cc3CC[C@H]21.[Li+]. The van der Waals surface area contributed by atoms with Crippen molar-refractivity contribution in [3.05, 3.63) is 35.4 Å². The molecule has 1 heterocycles. The minimum Gasteiger partial charge on any atom is -0.303 e. The van der Waals surface area contributed by atoms with E-state index in [4.69, 9.17) is 0 Å². The number of nitrogens with zero attached hydrogens (tertiary/aromatic N) is 1. The Morgan fingerprint density at radius 2 is 2.27 bits per heavy atom. The van der Waals surface area contributed by atoms with Crippen molar-refractivity contribution < 1.29 is 18.9 Å². The Kier molecular flexibility index (Phi) is 3.26. The second-order valence-electron chi connectivity index (χ2n) is 4.61. The summed E-state index contributed by atoms with van der Waals surface area (Å²) >= 11 is 0. The second kappa shape index (κ2) is 4.34. The number of aryl methyl sites for hydroxylation is 1. The molecule has 0 N–H and O–H groups in total. The van der Waals surface area contributed by atoms with Gasteiger partial charge in [0.2, 0.25) is 0 Å². The molecule has 2 aliphatic rings. The van der Waals surface area contributed by atoms with Crippen molar-refractivity contribution >= 4 is 0 Å². The molecular weight excluding hydrogens is 177 g/mol. The molecule has 1 fully saturated rings. The van der Waals surface area contributed by atoms with E-state index >= 15 is 0 Å². The Morgan fingerprint density at radius 3 is 3.13 bits per heavy atom. The van der Waals surface area contributed by atoms with Gasteiger partial charge in [-0.25, -0.2) is 0 Å². The zero-order valence-electron chi connectivity index (χ0n) is 9.66. The Balaban J connectivity index is 0.000000853. The van der Waals surface area contributed by atoms with Crippen LogP contribution in [0, 0.1) is 6.07 Å². The van der Waals surface area contributed by atoms with Gasteiger partial charge in [-0.1, -0.05) is 6.42 Å². The molecule has 74 valence electrons. The van der Waals surface area contributed by atoms with Crippen LogP contribution >= 0.6 is 0 Å². The molecule has 3 rings (SSSR count). The molecule has 0 unspecified atom stereocenters. The van der Waals surface area contributed by atoms with Gasteiger partial charge >= 0.3 is 18.9 Å². The molecule has 0 bridgehead atoms. The minimum atomic E-state index is 0. The summed E-state index contributed by atoms with van der Waals surface area (Å²) in [5, 5.41) is 0. The Labute approximate surface area is 104 Å². The number of hydrogen-bond donors (Lipinski definition) is 0. The van der Waals surface area contributed by atoms with Crippen molar-refractivity contribution in [1.29, 1.82) is 0 Å². The fourth-order valence-corrected chi connectivity index (χ4v) is 3.15. The monoisotopic (exact) mass is 193 g/mol. The van der Waals surface area contributed by atoms with Gasteiger partial charge in [-0.3, -0.25) is 0 Å².